The average Bonchev–Trinajstić information content (AvgIpc) is 2.75. The van der Waals surface area contributed by atoms with Crippen LogP contribution in [-0.2, 0) is 19.1 Å². The lowest BCUT2D eigenvalue weighted by molar-refractivity contribution is -0.145. The van der Waals surface area contributed by atoms with Gasteiger partial charge in [0.05, 0.1) is 5.69 Å². The topological polar surface area (TPSA) is 102 Å². The van der Waals surface area contributed by atoms with Crippen molar-refractivity contribution in [3.05, 3.63) is 54.1 Å². The summed E-state index contributed by atoms with van der Waals surface area (Å²) >= 11 is 0. The van der Waals surface area contributed by atoms with E-state index in [-0.39, 0.29) is 30.7 Å². The molecule has 1 unspecified atom stereocenters. The molecule has 1 aliphatic heterocycles. The first-order valence-corrected chi connectivity index (χ1v) is 10.2. The summed E-state index contributed by atoms with van der Waals surface area (Å²) in [4.78, 5) is 50.6. The summed E-state index contributed by atoms with van der Waals surface area (Å²) in [6.45, 7) is 6.40. The third kappa shape index (κ3) is 5.32. The van der Waals surface area contributed by atoms with Crippen LogP contribution in [-0.4, -0.2) is 42.8 Å². The number of esters is 1. The third-order valence-electron chi connectivity index (χ3n) is 4.88. The maximum atomic E-state index is 12.7. The van der Waals surface area contributed by atoms with Crippen molar-refractivity contribution in [2.24, 2.45) is 5.41 Å². The zero-order chi connectivity index (χ0) is 23.5. The standard InChI is InChI=1S/C24H26N2O6/c1-15(22(29)16-9-11-17(12-10-16)25-23(30)24(2,3)4)32-21(28)13-26-18-7-5-6-8-19(18)31-14-20(26)27/h5-12,15H,13-14H2,1-4H3,(H,25,30). The molecule has 2 aromatic rings. The molecule has 0 saturated heterocycles. The second-order valence-electron chi connectivity index (χ2n) is 8.51. The van der Waals surface area contributed by atoms with Crippen LogP contribution in [0.5, 0.6) is 5.75 Å². The number of fused-ring (bicyclic) bond motifs is 1. The summed E-state index contributed by atoms with van der Waals surface area (Å²) in [5, 5.41) is 2.78. The van der Waals surface area contributed by atoms with E-state index in [2.05, 4.69) is 5.32 Å². The van der Waals surface area contributed by atoms with Crippen molar-refractivity contribution in [2.75, 3.05) is 23.4 Å². The first-order chi connectivity index (χ1) is 15.1. The molecule has 1 atom stereocenters. The number of hydrogen-bond acceptors (Lipinski definition) is 6. The number of carbonyl (C=O) groups excluding carboxylic acids is 4. The average molecular weight is 438 g/mol. The van der Waals surface area contributed by atoms with E-state index in [1.807, 2.05) is 0 Å². The number of ether oxygens (including phenoxy) is 2. The summed E-state index contributed by atoms with van der Waals surface area (Å²) in [7, 11) is 0. The molecule has 168 valence electrons. The fourth-order valence-corrected chi connectivity index (χ4v) is 3.02. The van der Waals surface area contributed by atoms with Gasteiger partial charge in [0.25, 0.3) is 5.91 Å². The number of anilines is 2. The Morgan fingerprint density at radius 3 is 2.41 bits per heavy atom. The number of ketones is 1. The van der Waals surface area contributed by atoms with E-state index in [1.165, 1.54) is 11.8 Å². The molecule has 2 amide bonds. The maximum Gasteiger partial charge on any atom is 0.326 e. The van der Waals surface area contributed by atoms with Crippen molar-refractivity contribution in [2.45, 2.75) is 33.8 Å². The summed E-state index contributed by atoms with van der Waals surface area (Å²) in [6.07, 6.45) is -1.04. The van der Waals surface area contributed by atoms with E-state index in [0.29, 0.717) is 22.7 Å². The summed E-state index contributed by atoms with van der Waals surface area (Å²) in [5.41, 5.74) is 0.842. The maximum absolute atomic E-state index is 12.7. The number of Topliss-reactive ketones (excluding diaryl/α,β-unsaturated/α-hetero) is 1. The molecule has 2 aromatic carbocycles. The van der Waals surface area contributed by atoms with Crippen LogP contribution in [0.3, 0.4) is 0 Å². The molecule has 0 spiro atoms. The molecule has 1 aliphatic rings. The molecule has 8 nitrogen and oxygen atoms in total. The highest BCUT2D eigenvalue weighted by atomic mass is 16.5. The lowest BCUT2D eigenvalue weighted by Gasteiger charge is -2.28. The van der Waals surface area contributed by atoms with E-state index in [4.69, 9.17) is 9.47 Å². The Bertz CT molecular complexity index is 1040. The molecule has 1 N–H and O–H groups in total. The molecule has 32 heavy (non-hydrogen) atoms. The van der Waals surface area contributed by atoms with Crippen molar-refractivity contribution in [3.63, 3.8) is 0 Å². The lowest BCUT2D eigenvalue weighted by atomic mass is 9.95. The van der Waals surface area contributed by atoms with Crippen molar-refractivity contribution < 1.29 is 28.7 Å². The smallest absolute Gasteiger partial charge is 0.326 e. The van der Waals surface area contributed by atoms with Crippen molar-refractivity contribution in [1.29, 1.82) is 0 Å². The van der Waals surface area contributed by atoms with Gasteiger partial charge in [-0.25, -0.2) is 0 Å². The molecule has 3 rings (SSSR count). The van der Waals surface area contributed by atoms with Gasteiger partial charge in [0.1, 0.15) is 12.3 Å². The zero-order valence-electron chi connectivity index (χ0n) is 18.5. The van der Waals surface area contributed by atoms with Gasteiger partial charge in [-0.2, -0.15) is 0 Å². The number of amides is 2. The van der Waals surface area contributed by atoms with Gasteiger partial charge in [-0.1, -0.05) is 32.9 Å². The fraction of sp³-hybridized carbons (Fsp3) is 0.333. The first-order valence-electron chi connectivity index (χ1n) is 10.2. The van der Waals surface area contributed by atoms with Crippen LogP contribution in [0.25, 0.3) is 0 Å². The number of hydrogen-bond donors (Lipinski definition) is 1. The Labute approximate surface area is 186 Å². The molecule has 0 saturated carbocycles. The number of rotatable bonds is 6. The molecule has 0 fully saturated rings. The molecular formula is C24H26N2O6. The minimum Gasteiger partial charge on any atom is -0.482 e. The number of benzene rings is 2. The van der Waals surface area contributed by atoms with Gasteiger partial charge in [-0.15, -0.1) is 0 Å². The van der Waals surface area contributed by atoms with Gasteiger partial charge < -0.3 is 14.8 Å². The summed E-state index contributed by atoms with van der Waals surface area (Å²) in [5.74, 6) is -1.10. The van der Waals surface area contributed by atoms with Crippen LogP contribution < -0.4 is 15.0 Å². The normalized spacial score (nSPS) is 14.1. The monoisotopic (exact) mass is 438 g/mol. The minimum atomic E-state index is -1.04. The highest BCUT2D eigenvalue weighted by Gasteiger charge is 2.29. The Hall–Kier alpha value is -3.68. The SMILES string of the molecule is CC(OC(=O)CN1C(=O)COc2ccccc21)C(=O)c1ccc(NC(=O)C(C)(C)C)cc1. The molecule has 0 bridgehead atoms. The summed E-state index contributed by atoms with van der Waals surface area (Å²) < 4.78 is 10.6. The molecule has 0 aliphatic carbocycles. The highest BCUT2D eigenvalue weighted by molar-refractivity contribution is 6.03. The molecular weight excluding hydrogens is 412 g/mol. The van der Waals surface area contributed by atoms with Gasteiger partial charge >= 0.3 is 5.97 Å². The Balaban J connectivity index is 1.60. The molecule has 0 aromatic heterocycles. The highest BCUT2D eigenvalue weighted by Crippen LogP contribution is 2.31. The Kier molecular flexibility index (Phi) is 6.62. The predicted octanol–water partition coefficient (Wildman–Crippen LogP) is 3.21. The Morgan fingerprint density at radius 2 is 1.75 bits per heavy atom. The van der Waals surface area contributed by atoms with Gasteiger partial charge in [0, 0.05) is 16.7 Å². The van der Waals surface area contributed by atoms with Gasteiger partial charge in [0.2, 0.25) is 11.7 Å². The lowest BCUT2D eigenvalue weighted by Crippen LogP contribution is -2.43. The second kappa shape index (κ2) is 9.21. The van der Waals surface area contributed by atoms with Crippen molar-refractivity contribution in [1.82, 2.24) is 0 Å². The van der Waals surface area contributed by atoms with Gasteiger partial charge in [-0.05, 0) is 43.3 Å². The third-order valence-corrected chi connectivity index (χ3v) is 4.88. The number of para-hydroxylation sites is 2. The zero-order valence-corrected chi connectivity index (χ0v) is 18.5. The van der Waals surface area contributed by atoms with E-state index >= 15 is 0 Å². The van der Waals surface area contributed by atoms with E-state index in [9.17, 15) is 19.2 Å². The van der Waals surface area contributed by atoms with Crippen LogP contribution in [0.2, 0.25) is 0 Å². The predicted molar refractivity (Wildman–Crippen MR) is 119 cm³/mol. The van der Waals surface area contributed by atoms with Gasteiger partial charge in [-0.3, -0.25) is 24.1 Å². The van der Waals surface area contributed by atoms with E-state index in [1.54, 1.807) is 69.3 Å². The van der Waals surface area contributed by atoms with Crippen molar-refractivity contribution in [3.8, 4) is 5.75 Å². The van der Waals surface area contributed by atoms with Crippen LogP contribution in [0, 0.1) is 5.41 Å². The number of nitrogens with zero attached hydrogens (tertiary/aromatic N) is 1. The quantitative estimate of drug-likeness (QED) is 0.549. The van der Waals surface area contributed by atoms with E-state index < -0.39 is 17.5 Å². The van der Waals surface area contributed by atoms with Gasteiger partial charge in [0.15, 0.2) is 12.7 Å². The summed E-state index contributed by atoms with van der Waals surface area (Å²) in [6, 6.07) is 13.3. The number of nitrogens with one attached hydrogen (secondary N) is 1. The van der Waals surface area contributed by atoms with Crippen LogP contribution >= 0.6 is 0 Å². The van der Waals surface area contributed by atoms with E-state index in [0.717, 1.165) is 0 Å². The number of carbonyl (C=O) groups is 4. The van der Waals surface area contributed by atoms with Crippen LogP contribution in [0.15, 0.2) is 48.5 Å². The Morgan fingerprint density at radius 1 is 1.09 bits per heavy atom. The fourth-order valence-electron chi connectivity index (χ4n) is 3.02. The largest absolute Gasteiger partial charge is 0.482 e. The molecule has 8 heteroatoms. The molecule has 0 radical (unpaired) electrons. The van der Waals surface area contributed by atoms with Crippen molar-refractivity contribution >= 4 is 34.9 Å². The van der Waals surface area contributed by atoms with Crippen LogP contribution in [0.1, 0.15) is 38.1 Å². The second-order valence-corrected chi connectivity index (χ2v) is 8.51. The first kappa shape index (κ1) is 23.0. The minimum absolute atomic E-state index is 0.141. The van der Waals surface area contributed by atoms with Crippen LogP contribution in [0.4, 0.5) is 11.4 Å². The molecule has 1 heterocycles.